The fraction of sp³-hybridized carbons (Fsp3) is 0.0588. The third-order valence-electron chi connectivity index (χ3n) is 10.6. The minimum Gasteiger partial charge on any atom is -0.495 e. The van der Waals surface area contributed by atoms with Crippen LogP contribution in [0.15, 0.2) is 110 Å². The van der Waals surface area contributed by atoms with Crippen molar-refractivity contribution in [3.05, 3.63) is 182 Å². The molecule has 0 saturated heterocycles. The van der Waals surface area contributed by atoms with Gasteiger partial charge < -0.3 is 36.3 Å². The lowest BCUT2D eigenvalue weighted by molar-refractivity contribution is -0.384. The molecule has 3 aromatic heterocycles. The minimum atomic E-state index is -0.519. The number of aromatic nitrogens is 3. The minimum absolute atomic E-state index is 0.0775. The number of fused-ring (bicyclic) bond motifs is 3. The number of pyridine rings is 3. The Bertz CT molecular complexity index is 3930. The van der Waals surface area contributed by atoms with Crippen molar-refractivity contribution in [2.45, 2.75) is 0 Å². The van der Waals surface area contributed by atoms with Gasteiger partial charge in [0.2, 0.25) is 0 Å². The molecule has 0 saturated carbocycles. The highest BCUT2D eigenvalue weighted by Gasteiger charge is 2.18. The van der Waals surface area contributed by atoms with Crippen LogP contribution in [0, 0.1) is 54.2 Å². The highest BCUT2D eigenvalue weighted by Crippen LogP contribution is 2.40. The predicted molar refractivity (Wildman–Crippen MR) is 302 cm³/mol. The summed E-state index contributed by atoms with van der Waals surface area (Å²) < 4.78 is 15.3. The molecule has 0 amide bonds. The number of non-ortho nitro benzene ring substituents is 2. The number of benzene rings is 6. The van der Waals surface area contributed by atoms with Gasteiger partial charge in [0.25, 0.3) is 11.4 Å². The fourth-order valence-electron chi connectivity index (χ4n) is 6.82. The van der Waals surface area contributed by atoms with Crippen LogP contribution in [-0.4, -0.2) is 46.1 Å². The SMILES string of the molecule is COc1cc(N)c(Cl)cc1Cl.COc1cc(Nc2c(C#N)cnc3ccc(N)cc23)c(Cl)cc1Cl.COc1cc(Nc2c(C#N)cnc3ccc([N+](=O)[O-])cc23)c(Cl)cc1Cl.N#Cc1cnc2ccc([N+](=O)[O-])cc2c1Cl. The van der Waals surface area contributed by atoms with Crippen molar-refractivity contribution in [2.75, 3.05) is 43.4 Å². The number of nitro groups is 2. The van der Waals surface area contributed by atoms with Crippen LogP contribution >= 0.6 is 81.2 Å². The molecule has 0 bridgehead atoms. The van der Waals surface area contributed by atoms with Gasteiger partial charge in [-0.2, -0.15) is 15.8 Å². The van der Waals surface area contributed by atoms with Crippen LogP contribution in [0.1, 0.15) is 16.7 Å². The summed E-state index contributed by atoms with van der Waals surface area (Å²) in [4.78, 5) is 33.1. The second-order valence-corrected chi connectivity index (χ2v) is 18.1. The van der Waals surface area contributed by atoms with Gasteiger partial charge in [-0.1, -0.05) is 81.2 Å². The molecule has 9 rings (SSSR count). The van der Waals surface area contributed by atoms with Gasteiger partial charge >= 0.3 is 0 Å². The van der Waals surface area contributed by atoms with Crippen LogP contribution in [0.3, 0.4) is 0 Å². The standard InChI is InChI=1S/C17H10Cl2N4O3.C17H12Cl2N4O.C10H4ClN3O2.C7H7Cl2NO/c1-26-16-6-15(12(18)5-13(16)19)22-17-9(7-20)8-21-14-3-2-10(23(24)25)4-11(14)17;1-24-16-6-15(12(18)5-13(16)19)23-17-9(7-20)8-22-14-3-2-10(21)4-11(14)17;11-10-6(4-12)5-13-9-2-1-7(14(15)16)3-8(9)10;1-11-7-3-6(10)4(8)2-5(7)9/h2-6,8H,1H3,(H,21,22);2-6,8H,21H2,1H3,(H,22,23);1-3,5H;2-3H,10H2,1H3. The molecule has 26 heteroatoms. The zero-order valence-corrected chi connectivity index (χ0v) is 44.9. The van der Waals surface area contributed by atoms with Crippen molar-refractivity contribution in [3.8, 4) is 35.5 Å². The fourth-order valence-corrected chi connectivity index (χ4v) is 8.53. The summed E-state index contributed by atoms with van der Waals surface area (Å²) in [5, 5.41) is 59.5. The zero-order valence-electron chi connectivity index (χ0n) is 39.6. The van der Waals surface area contributed by atoms with Crippen molar-refractivity contribution in [2.24, 2.45) is 0 Å². The molecular formula is C51H33Cl7N12O7. The molecule has 77 heavy (non-hydrogen) atoms. The van der Waals surface area contributed by atoms with E-state index in [2.05, 4.69) is 31.7 Å². The first kappa shape index (κ1) is 57.7. The summed E-state index contributed by atoms with van der Waals surface area (Å²) in [5.41, 5.74) is 16.6. The normalized spacial score (nSPS) is 10.2. The van der Waals surface area contributed by atoms with Crippen LogP contribution in [0.4, 0.5) is 45.5 Å². The Morgan fingerprint density at radius 1 is 0.494 bits per heavy atom. The number of methoxy groups -OCH3 is 3. The van der Waals surface area contributed by atoms with Gasteiger partial charge in [-0.25, -0.2) is 0 Å². The molecule has 0 unspecified atom stereocenters. The maximum absolute atomic E-state index is 11.1. The molecule has 6 aromatic carbocycles. The quantitative estimate of drug-likeness (QED) is 0.0593. The summed E-state index contributed by atoms with van der Waals surface area (Å²) in [6.45, 7) is 0. The molecule has 0 fully saturated rings. The number of nitrogens with zero attached hydrogens (tertiary/aromatic N) is 8. The zero-order chi connectivity index (χ0) is 56.2. The van der Waals surface area contributed by atoms with Gasteiger partial charge in [0.15, 0.2) is 0 Å². The molecule has 0 aliphatic heterocycles. The Morgan fingerprint density at radius 2 is 0.870 bits per heavy atom. The molecule has 0 aliphatic rings. The smallest absolute Gasteiger partial charge is 0.270 e. The van der Waals surface area contributed by atoms with Gasteiger partial charge in [0.05, 0.1) is 128 Å². The molecule has 19 nitrogen and oxygen atoms in total. The van der Waals surface area contributed by atoms with E-state index in [1.165, 1.54) is 82.4 Å². The van der Waals surface area contributed by atoms with Crippen molar-refractivity contribution in [3.63, 3.8) is 0 Å². The van der Waals surface area contributed by atoms with E-state index in [1.54, 1.807) is 48.5 Å². The number of hydrogen-bond donors (Lipinski definition) is 4. The van der Waals surface area contributed by atoms with Crippen molar-refractivity contribution >= 4 is 159 Å². The van der Waals surface area contributed by atoms with E-state index < -0.39 is 9.85 Å². The summed E-state index contributed by atoms with van der Waals surface area (Å²) in [6, 6.07) is 29.2. The summed E-state index contributed by atoms with van der Waals surface area (Å²) >= 11 is 41.9. The largest absolute Gasteiger partial charge is 0.495 e. The van der Waals surface area contributed by atoms with Gasteiger partial charge in [0, 0.05) is 82.9 Å². The number of nitro benzene ring substituents is 2. The lowest BCUT2D eigenvalue weighted by atomic mass is 10.1. The number of rotatable bonds is 9. The third-order valence-corrected chi connectivity index (χ3v) is 12.8. The van der Waals surface area contributed by atoms with Gasteiger partial charge in [-0.05, 0) is 48.5 Å². The molecule has 388 valence electrons. The predicted octanol–water partition coefficient (Wildman–Crippen LogP) is 15.1. The number of nitrogens with two attached hydrogens (primary N) is 2. The number of nitriles is 3. The van der Waals surface area contributed by atoms with Crippen LogP contribution in [0.2, 0.25) is 35.2 Å². The first-order chi connectivity index (χ1) is 36.7. The van der Waals surface area contributed by atoms with Crippen molar-refractivity contribution in [1.82, 2.24) is 15.0 Å². The Labute approximate surface area is 471 Å². The van der Waals surface area contributed by atoms with E-state index in [0.29, 0.717) is 114 Å². The highest BCUT2D eigenvalue weighted by molar-refractivity contribution is 6.39. The molecule has 0 radical (unpaired) electrons. The first-order valence-corrected chi connectivity index (χ1v) is 24.0. The van der Waals surface area contributed by atoms with E-state index in [-0.39, 0.29) is 27.5 Å². The Balaban J connectivity index is 0.000000174. The van der Waals surface area contributed by atoms with Crippen molar-refractivity contribution in [1.29, 1.82) is 15.8 Å². The molecular weight excluding hydrogens is 1140 g/mol. The molecule has 9 aromatic rings. The van der Waals surface area contributed by atoms with E-state index in [9.17, 15) is 30.8 Å². The summed E-state index contributed by atoms with van der Waals surface area (Å²) in [7, 11) is 4.50. The number of anilines is 6. The maximum atomic E-state index is 11.1. The summed E-state index contributed by atoms with van der Waals surface area (Å²) in [6.07, 6.45) is 4.23. The maximum Gasteiger partial charge on any atom is 0.270 e. The Hall–Kier alpha value is -8.55. The molecule has 0 spiro atoms. The number of ether oxygens (including phenoxy) is 3. The van der Waals surface area contributed by atoms with Crippen LogP contribution in [0.5, 0.6) is 17.2 Å². The average molecular weight is 1170 g/mol. The number of nitrogen functional groups attached to an aromatic ring is 2. The van der Waals surface area contributed by atoms with Crippen LogP contribution in [-0.2, 0) is 0 Å². The number of hydrogen-bond acceptors (Lipinski definition) is 17. The average Bonchev–Trinajstić information content (AvgIpc) is 3.42. The molecule has 0 aliphatic carbocycles. The second-order valence-electron chi connectivity index (χ2n) is 15.3. The van der Waals surface area contributed by atoms with E-state index >= 15 is 0 Å². The molecule has 6 N–H and O–H groups in total. The number of halogens is 7. The van der Waals surface area contributed by atoms with Gasteiger partial charge in [-0.3, -0.25) is 35.2 Å². The topological polar surface area (TPSA) is 300 Å². The Morgan fingerprint density at radius 3 is 1.30 bits per heavy atom. The lowest BCUT2D eigenvalue weighted by Crippen LogP contribution is -1.99. The van der Waals surface area contributed by atoms with Crippen LogP contribution in [0.25, 0.3) is 32.7 Å². The second kappa shape index (κ2) is 25.8. The molecule has 3 heterocycles. The lowest BCUT2D eigenvalue weighted by Gasteiger charge is -2.14. The van der Waals surface area contributed by atoms with Crippen LogP contribution < -0.4 is 36.3 Å². The van der Waals surface area contributed by atoms with Gasteiger partial charge in [0.1, 0.15) is 35.5 Å². The molecule has 0 atom stereocenters. The number of nitrogens with one attached hydrogen (secondary N) is 2. The Kier molecular flexibility index (Phi) is 19.3. The highest BCUT2D eigenvalue weighted by atomic mass is 35.5. The van der Waals surface area contributed by atoms with E-state index in [1.807, 2.05) is 12.1 Å². The van der Waals surface area contributed by atoms with Crippen molar-refractivity contribution < 1.29 is 24.1 Å². The monoisotopic (exact) mass is 1170 g/mol. The first-order valence-electron chi connectivity index (χ1n) is 21.3. The van der Waals surface area contributed by atoms with E-state index in [4.69, 9.17) is 112 Å². The van der Waals surface area contributed by atoms with E-state index in [0.717, 1.165) is 5.39 Å². The van der Waals surface area contributed by atoms with Gasteiger partial charge in [-0.15, -0.1) is 0 Å². The summed E-state index contributed by atoms with van der Waals surface area (Å²) in [5.74, 6) is 1.40. The third kappa shape index (κ3) is 13.7.